The normalized spacial score (nSPS) is 34.1. The van der Waals surface area contributed by atoms with Crippen molar-refractivity contribution in [2.45, 2.75) is 64.1 Å². The summed E-state index contributed by atoms with van der Waals surface area (Å²) in [5.74, 6) is -1.27. The average Bonchev–Trinajstić information content (AvgIpc) is 2.67. The van der Waals surface area contributed by atoms with Gasteiger partial charge in [-0.1, -0.05) is 19.3 Å². The molecule has 21 heavy (non-hydrogen) atoms. The third-order valence-electron chi connectivity index (χ3n) is 4.51. The number of carbonyl (C=O) groups excluding carboxylic acids is 1. The Morgan fingerprint density at radius 3 is 2.62 bits per heavy atom. The van der Waals surface area contributed by atoms with Crippen LogP contribution in [0.25, 0.3) is 0 Å². The van der Waals surface area contributed by atoms with Crippen LogP contribution in [0.3, 0.4) is 0 Å². The lowest BCUT2D eigenvalue weighted by molar-refractivity contribution is -0.142. The molecule has 1 aliphatic carbocycles. The highest BCUT2D eigenvalue weighted by atomic mass is 16.5. The van der Waals surface area contributed by atoms with Gasteiger partial charge in [0, 0.05) is 12.6 Å². The lowest BCUT2D eigenvalue weighted by Crippen LogP contribution is -2.56. The van der Waals surface area contributed by atoms with Gasteiger partial charge in [-0.25, -0.2) is 4.79 Å². The first-order valence-corrected chi connectivity index (χ1v) is 7.90. The Hall–Kier alpha value is -1.30. The van der Waals surface area contributed by atoms with Crippen LogP contribution in [0.2, 0.25) is 0 Å². The zero-order chi connectivity index (χ0) is 15.4. The maximum Gasteiger partial charge on any atom is 0.318 e. The second kappa shape index (κ2) is 7.11. The van der Waals surface area contributed by atoms with Crippen LogP contribution < -0.4 is 5.32 Å². The lowest BCUT2D eigenvalue weighted by Gasteiger charge is -2.38. The lowest BCUT2D eigenvalue weighted by atomic mass is 9.95. The number of nitrogens with one attached hydrogen (secondary N) is 1. The van der Waals surface area contributed by atoms with Crippen molar-refractivity contribution >= 4 is 12.0 Å². The molecule has 120 valence electrons. The summed E-state index contributed by atoms with van der Waals surface area (Å²) in [6.45, 7) is 4.98. The second-order valence-corrected chi connectivity index (χ2v) is 6.28. The quantitative estimate of drug-likeness (QED) is 0.762. The van der Waals surface area contributed by atoms with Crippen molar-refractivity contribution in [3.05, 3.63) is 0 Å². The smallest absolute Gasteiger partial charge is 0.318 e. The molecule has 0 aromatic rings. The molecule has 6 nitrogen and oxygen atoms in total. The summed E-state index contributed by atoms with van der Waals surface area (Å²) in [5.41, 5.74) is 0. The number of morpholine rings is 1. The van der Waals surface area contributed by atoms with Gasteiger partial charge in [0.1, 0.15) is 0 Å². The molecule has 4 unspecified atom stereocenters. The summed E-state index contributed by atoms with van der Waals surface area (Å²) < 4.78 is 5.52. The molecule has 0 aromatic carbocycles. The molecule has 2 rings (SSSR count). The molecule has 2 aliphatic rings. The molecule has 1 saturated carbocycles. The SMILES string of the molecule is CC1CN(C(=O)NC2CCCCCC2C(=O)O)C(C)CO1. The molecular formula is C15H26N2O4. The molecule has 0 bridgehead atoms. The van der Waals surface area contributed by atoms with Crippen LogP contribution in [0.4, 0.5) is 4.79 Å². The van der Waals surface area contributed by atoms with Crippen LogP contribution in [0.5, 0.6) is 0 Å². The second-order valence-electron chi connectivity index (χ2n) is 6.28. The van der Waals surface area contributed by atoms with E-state index in [2.05, 4.69) is 5.32 Å². The number of aliphatic carboxylic acids is 1. The van der Waals surface area contributed by atoms with E-state index < -0.39 is 11.9 Å². The minimum absolute atomic E-state index is 0.0234. The van der Waals surface area contributed by atoms with Crippen LogP contribution in [0, 0.1) is 5.92 Å². The Bertz CT molecular complexity index is 388. The highest BCUT2D eigenvalue weighted by molar-refractivity contribution is 5.77. The highest BCUT2D eigenvalue weighted by Gasteiger charge is 2.34. The number of carbonyl (C=O) groups is 2. The summed E-state index contributed by atoms with van der Waals surface area (Å²) in [5, 5.41) is 12.3. The summed E-state index contributed by atoms with van der Waals surface area (Å²) in [6.07, 6.45) is 4.36. The van der Waals surface area contributed by atoms with Crippen molar-refractivity contribution in [1.29, 1.82) is 0 Å². The first-order valence-electron chi connectivity index (χ1n) is 7.90. The maximum atomic E-state index is 12.5. The highest BCUT2D eigenvalue weighted by Crippen LogP contribution is 2.24. The molecule has 0 radical (unpaired) electrons. The standard InChI is InChI=1S/C15H26N2O4/c1-10-9-21-11(2)8-17(10)15(20)16-13-7-5-3-4-6-12(13)14(18)19/h10-13H,3-9H2,1-2H3,(H,16,20)(H,18,19). The van der Waals surface area contributed by atoms with Gasteiger partial charge in [0.15, 0.2) is 0 Å². The fourth-order valence-electron chi connectivity index (χ4n) is 3.20. The monoisotopic (exact) mass is 298 g/mol. The minimum Gasteiger partial charge on any atom is -0.481 e. The Kier molecular flexibility index (Phi) is 5.45. The third kappa shape index (κ3) is 4.09. The number of rotatable bonds is 2. The van der Waals surface area contributed by atoms with Crippen LogP contribution in [0.1, 0.15) is 46.0 Å². The van der Waals surface area contributed by atoms with Gasteiger partial charge >= 0.3 is 12.0 Å². The van der Waals surface area contributed by atoms with Crippen molar-refractivity contribution in [2.75, 3.05) is 13.2 Å². The van der Waals surface area contributed by atoms with E-state index in [1.54, 1.807) is 4.90 Å². The van der Waals surface area contributed by atoms with E-state index in [0.29, 0.717) is 19.6 Å². The molecular weight excluding hydrogens is 272 g/mol. The van der Waals surface area contributed by atoms with Gasteiger partial charge in [-0.15, -0.1) is 0 Å². The summed E-state index contributed by atoms with van der Waals surface area (Å²) in [6, 6.07) is -0.395. The number of amides is 2. The predicted molar refractivity (Wildman–Crippen MR) is 78.1 cm³/mol. The van der Waals surface area contributed by atoms with E-state index in [1.165, 1.54) is 0 Å². The largest absolute Gasteiger partial charge is 0.481 e. The molecule has 2 fully saturated rings. The number of nitrogens with zero attached hydrogens (tertiary/aromatic N) is 1. The van der Waals surface area contributed by atoms with Crippen LogP contribution in [-0.2, 0) is 9.53 Å². The molecule has 0 aromatic heterocycles. The predicted octanol–water partition coefficient (Wildman–Crippen LogP) is 1.84. The van der Waals surface area contributed by atoms with Crippen molar-refractivity contribution < 1.29 is 19.4 Å². The van der Waals surface area contributed by atoms with E-state index in [4.69, 9.17) is 4.74 Å². The summed E-state index contributed by atoms with van der Waals surface area (Å²) in [4.78, 5) is 25.6. The summed E-state index contributed by atoms with van der Waals surface area (Å²) >= 11 is 0. The Morgan fingerprint density at radius 1 is 1.19 bits per heavy atom. The number of ether oxygens (including phenoxy) is 1. The summed E-state index contributed by atoms with van der Waals surface area (Å²) in [7, 11) is 0. The van der Waals surface area contributed by atoms with Crippen molar-refractivity contribution in [3.63, 3.8) is 0 Å². The zero-order valence-electron chi connectivity index (χ0n) is 12.9. The van der Waals surface area contributed by atoms with Gasteiger partial charge in [-0.2, -0.15) is 0 Å². The minimum atomic E-state index is -0.800. The van der Waals surface area contributed by atoms with E-state index in [-0.39, 0.29) is 24.2 Å². The van der Waals surface area contributed by atoms with E-state index in [1.807, 2.05) is 13.8 Å². The van der Waals surface area contributed by atoms with Gasteiger partial charge in [-0.05, 0) is 26.7 Å². The Balaban J connectivity index is 2.00. The van der Waals surface area contributed by atoms with Crippen LogP contribution in [-0.4, -0.2) is 53.3 Å². The molecule has 4 atom stereocenters. The van der Waals surface area contributed by atoms with E-state index >= 15 is 0 Å². The van der Waals surface area contributed by atoms with Gasteiger partial charge in [-0.3, -0.25) is 4.79 Å². The molecule has 1 heterocycles. The van der Waals surface area contributed by atoms with Gasteiger partial charge in [0.05, 0.1) is 24.7 Å². The van der Waals surface area contributed by atoms with Gasteiger partial charge in [0.25, 0.3) is 0 Å². The molecule has 2 N–H and O–H groups in total. The van der Waals surface area contributed by atoms with Crippen molar-refractivity contribution in [3.8, 4) is 0 Å². The Morgan fingerprint density at radius 2 is 1.90 bits per heavy atom. The first-order chi connectivity index (χ1) is 9.99. The van der Waals surface area contributed by atoms with Gasteiger partial charge in [0.2, 0.25) is 0 Å². The molecule has 1 aliphatic heterocycles. The van der Waals surface area contributed by atoms with Crippen molar-refractivity contribution in [2.24, 2.45) is 5.92 Å². The first kappa shape index (κ1) is 16.1. The fraction of sp³-hybridized carbons (Fsp3) is 0.867. The number of hydrogen-bond donors (Lipinski definition) is 2. The molecule has 0 spiro atoms. The topological polar surface area (TPSA) is 78.9 Å². The molecule has 1 saturated heterocycles. The third-order valence-corrected chi connectivity index (χ3v) is 4.51. The van der Waals surface area contributed by atoms with Gasteiger partial charge < -0.3 is 20.1 Å². The fourth-order valence-corrected chi connectivity index (χ4v) is 3.20. The number of hydrogen-bond acceptors (Lipinski definition) is 3. The molecule has 6 heteroatoms. The van der Waals surface area contributed by atoms with Crippen LogP contribution >= 0.6 is 0 Å². The zero-order valence-corrected chi connectivity index (χ0v) is 12.9. The van der Waals surface area contributed by atoms with E-state index in [9.17, 15) is 14.7 Å². The van der Waals surface area contributed by atoms with Crippen LogP contribution in [0.15, 0.2) is 0 Å². The number of carboxylic acids is 1. The maximum absolute atomic E-state index is 12.5. The van der Waals surface area contributed by atoms with Crippen molar-refractivity contribution in [1.82, 2.24) is 10.2 Å². The number of carboxylic acid groups (broad SMARTS) is 1. The average molecular weight is 298 g/mol. The molecule has 2 amide bonds. The van der Waals surface area contributed by atoms with E-state index in [0.717, 1.165) is 25.7 Å². The Labute approximate surface area is 125 Å². The number of urea groups is 1.